The predicted molar refractivity (Wildman–Crippen MR) is 56.3 cm³/mol. The molecule has 1 aliphatic heterocycles. The number of aromatic nitrogens is 2. The second-order valence-electron chi connectivity index (χ2n) is 3.54. The van der Waals surface area contributed by atoms with Crippen molar-refractivity contribution in [1.82, 2.24) is 14.9 Å². The summed E-state index contributed by atoms with van der Waals surface area (Å²) in [5.74, 6) is -1.21. The van der Waals surface area contributed by atoms with Crippen LogP contribution in [0.3, 0.4) is 0 Å². The number of imidazole rings is 1. The van der Waals surface area contributed by atoms with E-state index >= 15 is 0 Å². The summed E-state index contributed by atoms with van der Waals surface area (Å²) in [6, 6.07) is 0. The first-order valence-electron chi connectivity index (χ1n) is 4.95. The quantitative estimate of drug-likeness (QED) is 0.756. The van der Waals surface area contributed by atoms with Gasteiger partial charge in [0.05, 0.1) is 24.5 Å². The van der Waals surface area contributed by atoms with Crippen LogP contribution in [-0.2, 0) is 17.8 Å². The number of ether oxygens (including phenoxy) is 1. The fourth-order valence-electron chi connectivity index (χ4n) is 1.59. The number of nitrogens with zero attached hydrogens (tertiary/aromatic N) is 2. The van der Waals surface area contributed by atoms with E-state index in [9.17, 15) is 9.59 Å². The molecular formula is C10H11N3O4. The van der Waals surface area contributed by atoms with Gasteiger partial charge in [0.2, 0.25) is 5.82 Å². The summed E-state index contributed by atoms with van der Waals surface area (Å²) in [4.78, 5) is 30.1. The Labute approximate surface area is 96.7 Å². The fourth-order valence-corrected chi connectivity index (χ4v) is 1.59. The highest BCUT2D eigenvalue weighted by atomic mass is 16.6. The summed E-state index contributed by atoms with van der Waals surface area (Å²) in [5.41, 5.74) is 1.20. The van der Waals surface area contributed by atoms with Crippen molar-refractivity contribution in [2.24, 2.45) is 0 Å². The standard InChI is InChI=1S/C10H11N3O4/c1-2-3-17-10(16)13-4-6-7(5-13)12-8(11-6)9(14)15/h2H,1,3-5H2,(H,11,12)(H,14,15). The molecule has 1 aromatic heterocycles. The number of hydrogen-bond acceptors (Lipinski definition) is 4. The van der Waals surface area contributed by atoms with Crippen molar-refractivity contribution in [1.29, 1.82) is 0 Å². The number of aromatic carboxylic acids is 1. The van der Waals surface area contributed by atoms with Gasteiger partial charge >= 0.3 is 12.1 Å². The molecule has 90 valence electrons. The number of amides is 1. The number of carbonyl (C=O) groups is 2. The highest BCUT2D eigenvalue weighted by molar-refractivity contribution is 5.83. The molecule has 7 nitrogen and oxygen atoms in total. The van der Waals surface area contributed by atoms with Gasteiger partial charge in [0, 0.05) is 0 Å². The molecule has 17 heavy (non-hydrogen) atoms. The molecule has 0 unspecified atom stereocenters. The lowest BCUT2D eigenvalue weighted by Gasteiger charge is -2.14. The lowest BCUT2D eigenvalue weighted by Crippen LogP contribution is -2.26. The Bertz CT molecular complexity index is 456. The zero-order valence-electron chi connectivity index (χ0n) is 8.97. The maximum absolute atomic E-state index is 11.5. The van der Waals surface area contributed by atoms with Crippen molar-refractivity contribution in [3.63, 3.8) is 0 Å². The lowest BCUT2D eigenvalue weighted by atomic mass is 10.4. The Morgan fingerprint density at radius 3 is 2.94 bits per heavy atom. The molecule has 1 aliphatic rings. The molecule has 2 N–H and O–H groups in total. The summed E-state index contributed by atoms with van der Waals surface area (Å²) in [6.45, 7) is 4.13. The van der Waals surface area contributed by atoms with Crippen LogP contribution in [-0.4, -0.2) is 38.6 Å². The van der Waals surface area contributed by atoms with Crippen LogP contribution in [0.1, 0.15) is 22.0 Å². The maximum Gasteiger partial charge on any atom is 0.410 e. The van der Waals surface area contributed by atoms with Gasteiger partial charge in [-0.3, -0.25) is 4.90 Å². The second kappa shape index (κ2) is 4.28. The normalized spacial score (nSPS) is 13.3. The Balaban J connectivity index is 2.02. The molecule has 0 saturated heterocycles. The Morgan fingerprint density at radius 1 is 1.59 bits per heavy atom. The van der Waals surface area contributed by atoms with Gasteiger partial charge in [-0.1, -0.05) is 12.7 Å². The summed E-state index contributed by atoms with van der Waals surface area (Å²) in [7, 11) is 0. The molecule has 0 radical (unpaired) electrons. The van der Waals surface area contributed by atoms with Crippen LogP contribution < -0.4 is 0 Å². The molecular weight excluding hydrogens is 226 g/mol. The van der Waals surface area contributed by atoms with E-state index in [2.05, 4.69) is 16.5 Å². The van der Waals surface area contributed by atoms with Crippen molar-refractivity contribution in [3.8, 4) is 0 Å². The third kappa shape index (κ3) is 2.12. The van der Waals surface area contributed by atoms with Crippen LogP contribution in [0.2, 0.25) is 0 Å². The van der Waals surface area contributed by atoms with Crippen LogP contribution >= 0.6 is 0 Å². The number of rotatable bonds is 3. The fraction of sp³-hybridized carbons (Fsp3) is 0.300. The van der Waals surface area contributed by atoms with Gasteiger partial charge in [0.25, 0.3) is 0 Å². The molecule has 0 saturated carbocycles. The largest absolute Gasteiger partial charge is 0.475 e. The summed E-state index contributed by atoms with van der Waals surface area (Å²) in [6.07, 6.45) is 1.02. The molecule has 7 heteroatoms. The van der Waals surface area contributed by atoms with E-state index in [1.807, 2.05) is 0 Å². The molecule has 0 bridgehead atoms. The number of aromatic amines is 1. The molecule has 1 aromatic rings. The highest BCUT2D eigenvalue weighted by Gasteiger charge is 2.28. The van der Waals surface area contributed by atoms with Crippen molar-refractivity contribution in [3.05, 3.63) is 29.9 Å². The van der Waals surface area contributed by atoms with E-state index in [1.165, 1.54) is 11.0 Å². The summed E-state index contributed by atoms with van der Waals surface area (Å²) >= 11 is 0. The van der Waals surface area contributed by atoms with Crippen LogP contribution in [0.5, 0.6) is 0 Å². The first kappa shape index (κ1) is 11.2. The topological polar surface area (TPSA) is 95.5 Å². The van der Waals surface area contributed by atoms with E-state index in [4.69, 9.17) is 9.84 Å². The van der Waals surface area contributed by atoms with E-state index in [0.717, 1.165) is 0 Å². The maximum atomic E-state index is 11.5. The molecule has 0 aliphatic carbocycles. The van der Waals surface area contributed by atoms with Gasteiger partial charge in [0.1, 0.15) is 6.61 Å². The van der Waals surface area contributed by atoms with Gasteiger partial charge in [-0.05, 0) is 0 Å². The van der Waals surface area contributed by atoms with Crippen LogP contribution in [0.25, 0.3) is 0 Å². The average Bonchev–Trinajstić information content (AvgIpc) is 2.82. The monoisotopic (exact) mass is 237 g/mol. The molecule has 2 heterocycles. The Hall–Kier alpha value is -2.31. The minimum absolute atomic E-state index is 0.103. The number of carbonyl (C=O) groups excluding carboxylic acids is 1. The molecule has 0 fully saturated rings. The number of hydrogen-bond donors (Lipinski definition) is 2. The molecule has 0 aromatic carbocycles. The van der Waals surface area contributed by atoms with E-state index in [-0.39, 0.29) is 25.5 Å². The third-order valence-corrected chi connectivity index (χ3v) is 2.34. The lowest BCUT2D eigenvalue weighted by molar-refractivity contribution is 0.0684. The van der Waals surface area contributed by atoms with Gasteiger partial charge in [-0.25, -0.2) is 14.6 Å². The first-order valence-corrected chi connectivity index (χ1v) is 4.95. The molecule has 1 amide bonds. The number of carboxylic acid groups (broad SMARTS) is 1. The average molecular weight is 237 g/mol. The van der Waals surface area contributed by atoms with Gasteiger partial charge in [-0.2, -0.15) is 0 Å². The van der Waals surface area contributed by atoms with E-state index in [0.29, 0.717) is 11.4 Å². The highest BCUT2D eigenvalue weighted by Crippen LogP contribution is 2.21. The smallest absolute Gasteiger partial charge is 0.410 e. The first-order chi connectivity index (χ1) is 8.11. The summed E-state index contributed by atoms with van der Waals surface area (Å²) in [5, 5.41) is 8.72. The van der Waals surface area contributed by atoms with Crippen molar-refractivity contribution in [2.45, 2.75) is 13.1 Å². The summed E-state index contributed by atoms with van der Waals surface area (Å²) < 4.78 is 4.86. The van der Waals surface area contributed by atoms with Crippen LogP contribution in [0.15, 0.2) is 12.7 Å². The number of carboxylic acids is 1. The minimum atomic E-state index is -1.11. The SMILES string of the molecule is C=CCOC(=O)N1Cc2nc(C(=O)O)[nH]c2C1. The Morgan fingerprint density at radius 2 is 2.35 bits per heavy atom. The van der Waals surface area contributed by atoms with Crippen LogP contribution in [0.4, 0.5) is 4.79 Å². The zero-order valence-corrected chi connectivity index (χ0v) is 8.97. The second-order valence-corrected chi connectivity index (χ2v) is 3.54. The third-order valence-electron chi connectivity index (χ3n) is 2.34. The number of H-pyrrole nitrogens is 1. The van der Waals surface area contributed by atoms with Crippen LogP contribution in [0, 0.1) is 0 Å². The van der Waals surface area contributed by atoms with E-state index in [1.54, 1.807) is 0 Å². The number of nitrogens with one attached hydrogen (secondary N) is 1. The molecule has 2 rings (SSSR count). The molecule has 0 spiro atoms. The van der Waals surface area contributed by atoms with E-state index < -0.39 is 12.1 Å². The number of fused-ring (bicyclic) bond motifs is 1. The van der Waals surface area contributed by atoms with Gasteiger partial charge in [0.15, 0.2) is 0 Å². The minimum Gasteiger partial charge on any atom is -0.475 e. The zero-order chi connectivity index (χ0) is 12.4. The van der Waals surface area contributed by atoms with Gasteiger partial charge in [-0.15, -0.1) is 0 Å². The predicted octanol–water partition coefficient (Wildman–Crippen LogP) is 0.746. The Kier molecular flexibility index (Phi) is 2.82. The van der Waals surface area contributed by atoms with Crippen molar-refractivity contribution >= 4 is 12.1 Å². The van der Waals surface area contributed by atoms with Crippen molar-refractivity contribution in [2.75, 3.05) is 6.61 Å². The van der Waals surface area contributed by atoms with Gasteiger partial charge < -0.3 is 14.8 Å². The molecule has 0 atom stereocenters. The van der Waals surface area contributed by atoms with Crippen molar-refractivity contribution < 1.29 is 19.4 Å².